The van der Waals surface area contributed by atoms with Crippen molar-refractivity contribution in [3.63, 3.8) is 0 Å². The van der Waals surface area contributed by atoms with Gasteiger partial charge in [-0.25, -0.2) is 4.98 Å². The Hall–Kier alpha value is -1.66. The molecule has 0 saturated carbocycles. The van der Waals surface area contributed by atoms with E-state index in [1.165, 1.54) is 17.6 Å². The van der Waals surface area contributed by atoms with Crippen LogP contribution in [0.3, 0.4) is 0 Å². The number of aromatic nitrogens is 1. The molecule has 0 aliphatic carbocycles. The van der Waals surface area contributed by atoms with Gasteiger partial charge in [0.1, 0.15) is 6.26 Å². The molecular formula is C13H16N2O3S. The van der Waals surface area contributed by atoms with Crippen LogP contribution in [0.1, 0.15) is 19.5 Å². The van der Waals surface area contributed by atoms with Gasteiger partial charge in [0.15, 0.2) is 0 Å². The van der Waals surface area contributed by atoms with Crippen LogP contribution < -0.4 is 5.32 Å². The number of nitrogens with one attached hydrogen (secondary N) is 1. The molecule has 0 aromatic carbocycles. The number of hydrogen-bond acceptors (Lipinski definition) is 5. The number of aliphatic hydroxyl groups excluding tert-OH is 1. The molecule has 2 aromatic rings. The van der Waals surface area contributed by atoms with Crippen molar-refractivity contribution in [2.75, 3.05) is 6.61 Å². The molecule has 5 nitrogen and oxygen atoms in total. The molecule has 2 aromatic heterocycles. The van der Waals surface area contributed by atoms with Crippen LogP contribution >= 0.6 is 11.3 Å². The van der Waals surface area contributed by atoms with Crippen molar-refractivity contribution in [3.8, 4) is 10.8 Å². The molecule has 0 radical (unpaired) electrons. The van der Waals surface area contributed by atoms with Gasteiger partial charge in [-0.2, -0.15) is 0 Å². The Labute approximate surface area is 115 Å². The minimum absolute atomic E-state index is 0.113. The molecule has 2 rings (SSSR count). The predicted octanol–water partition coefficient (Wildman–Crippen LogP) is 1.83. The van der Waals surface area contributed by atoms with E-state index in [1.54, 1.807) is 13.8 Å². The van der Waals surface area contributed by atoms with Gasteiger partial charge in [0, 0.05) is 0 Å². The SMILES string of the molecule is CC(C)(CO)NC(=O)Cc1coc(-c2cccs2)n1. The molecule has 2 heterocycles. The summed E-state index contributed by atoms with van der Waals surface area (Å²) in [5, 5.41) is 13.8. The lowest BCUT2D eigenvalue weighted by atomic mass is 10.1. The lowest BCUT2D eigenvalue weighted by molar-refractivity contribution is -0.122. The molecule has 19 heavy (non-hydrogen) atoms. The summed E-state index contributed by atoms with van der Waals surface area (Å²) in [7, 11) is 0. The van der Waals surface area contributed by atoms with Gasteiger partial charge in [-0.1, -0.05) is 6.07 Å². The fourth-order valence-corrected chi connectivity index (χ4v) is 2.18. The first-order valence-corrected chi connectivity index (χ1v) is 6.78. The lowest BCUT2D eigenvalue weighted by Gasteiger charge is -2.23. The summed E-state index contributed by atoms with van der Waals surface area (Å²) in [6.07, 6.45) is 1.62. The van der Waals surface area contributed by atoms with Crippen LogP contribution in [0.25, 0.3) is 10.8 Å². The summed E-state index contributed by atoms with van der Waals surface area (Å²) in [4.78, 5) is 17.0. The second-order valence-electron chi connectivity index (χ2n) is 4.89. The van der Waals surface area contributed by atoms with Crippen LogP contribution in [0.15, 0.2) is 28.2 Å². The maximum absolute atomic E-state index is 11.8. The van der Waals surface area contributed by atoms with Gasteiger partial charge in [0.25, 0.3) is 0 Å². The Morgan fingerprint density at radius 1 is 1.58 bits per heavy atom. The first-order valence-electron chi connectivity index (χ1n) is 5.90. The minimum Gasteiger partial charge on any atom is -0.444 e. The zero-order valence-electron chi connectivity index (χ0n) is 10.8. The highest BCUT2D eigenvalue weighted by Crippen LogP contribution is 2.23. The van der Waals surface area contributed by atoms with Gasteiger partial charge in [-0.05, 0) is 25.3 Å². The normalized spacial score (nSPS) is 11.5. The van der Waals surface area contributed by atoms with Crippen LogP contribution in [0.4, 0.5) is 0 Å². The maximum Gasteiger partial charge on any atom is 0.236 e. The molecular weight excluding hydrogens is 264 g/mol. The Bertz CT molecular complexity index is 546. The molecule has 2 N–H and O–H groups in total. The van der Waals surface area contributed by atoms with E-state index in [2.05, 4.69) is 10.3 Å². The number of carbonyl (C=O) groups is 1. The van der Waals surface area contributed by atoms with Crippen molar-refractivity contribution in [1.29, 1.82) is 0 Å². The topological polar surface area (TPSA) is 75.4 Å². The number of hydrogen-bond donors (Lipinski definition) is 2. The standard InChI is InChI=1S/C13H16N2O3S/c1-13(2,8-16)15-11(17)6-9-7-18-12(14-9)10-4-3-5-19-10/h3-5,7,16H,6,8H2,1-2H3,(H,15,17). The molecule has 0 aliphatic heterocycles. The van der Waals surface area contributed by atoms with Crippen molar-refractivity contribution in [2.24, 2.45) is 0 Å². The molecule has 0 atom stereocenters. The zero-order valence-corrected chi connectivity index (χ0v) is 11.7. The van der Waals surface area contributed by atoms with Crippen LogP contribution in [0.2, 0.25) is 0 Å². The summed E-state index contributed by atoms with van der Waals surface area (Å²) >= 11 is 1.53. The van der Waals surface area contributed by atoms with Gasteiger partial charge < -0.3 is 14.8 Å². The van der Waals surface area contributed by atoms with E-state index in [0.29, 0.717) is 11.6 Å². The fraction of sp³-hybridized carbons (Fsp3) is 0.385. The van der Waals surface area contributed by atoms with Crippen LogP contribution in [-0.2, 0) is 11.2 Å². The molecule has 0 fully saturated rings. The van der Waals surface area contributed by atoms with Crippen molar-refractivity contribution < 1.29 is 14.3 Å². The highest BCUT2D eigenvalue weighted by molar-refractivity contribution is 7.13. The van der Waals surface area contributed by atoms with Crippen molar-refractivity contribution in [3.05, 3.63) is 29.5 Å². The maximum atomic E-state index is 11.8. The summed E-state index contributed by atoms with van der Waals surface area (Å²) in [6.45, 7) is 3.40. The van der Waals surface area contributed by atoms with E-state index in [9.17, 15) is 4.79 Å². The molecule has 1 amide bonds. The Morgan fingerprint density at radius 3 is 3.00 bits per heavy atom. The largest absolute Gasteiger partial charge is 0.444 e. The zero-order chi connectivity index (χ0) is 13.9. The monoisotopic (exact) mass is 280 g/mol. The van der Waals surface area contributed by atoms with Gasteiger partial charge >= 0.3 is 0 Å². The first kappa shape index (κ1) is 13.8. The molecule has 0 unspecified atom stereocenters. The lowest BCUT2D eigenvalue weighted by Crippen LogP contribution is -2.46. The highest BCUT2D eigenvalue weighted by atomic mass is 32.1. The Balaban J connectivity index is 1.99. The molecule has 0 bridgehead atoms. The third-order valence-corrected chi connectivity index (χ3v) is 3.36. The smallest absolute Gasteiger partial charge is 0.236 e. The Morgan fingerprint density at radius 2 is 2.37 bits per heavy atom. The molecule has 0 spiro atoms. The van der Waals surface area contributed by atoms with Crippen LogP contribution in [0, 0.1) is 0 Å². The number of carbonyl (C=O) groups excluding carboxylic acids is 1. The summed E-state index contributed by atoms with van der Waals surface area (Å²) in [6, 6.07) is 3.83. The van der Waals surface area contributed by atoms with E-state index in [0.717, 1.165) is 4.88 Å². The quantitative estimate of drug-likeness (QED) is 0.876. The predicted molar refractivity (Wildman–Crippen MR) is 72.8 cm³/mol. The second-order valence-corrected chi connectivity index (χ2v) is 5.84. The van der Waals surface area contributed by atoms with Gasteiger partial charge in [0.2, 0.25) is 11.8 Å². The van der Waals surface area contributed by atoms with E-state index in [-0.39, 0.29) is 18.9 Å². The van der Waals surface area contributed by atoms with E-state index in [1.807, 2.05) is 17.5 Å². The average Bonchev–Trinajstić information content (AvgIpc) is 2.97. The molecule has 0 aliphatic rings. The van der Waals surface area contributed by atoms with Crippen molar-refractivity contribution in [2.45, 2.75) is 25.8 Å². The summed E-state index contributed by atoms with van der Waals surface area (Å²) in [5.41, 5.74) is -0.0492. The molecule has 6 heteroatoms. The van der Waals surface area contributed by atoms with E-state index < -0.39 is 5.54 Å². The number of amides is 1. The molecule has 102 valence electrons. The summed E-state index contributed by atoms with van der Waals surface area (Å²) < 4.78 is 5.34. The van der Waals surface area contributed by atoms with Gasteiger partial charge in [-0.3, -0.25) is 4.79 Å². The fourth-order valence-electron chi connectivity index (χ4n) is 1.53. The number of aliphatic hydroxyl groups is 1. The highest BCUT2D eigenvalue weighted by Gasteiger charge is 2.20. The van der Waals surface area contributed by atoms with Gasteiger partial charge in [0.05, 0.1) is 29.1 Å². The van der Waals surface area contributed by atoms with Crippen LogP contribution in [-0.4, -0.2) is 28.1 Å². The third kappa shape index (κ3) is 3.65. The number of rotatable bonds is 5. The van der Waals surface area contributed by atoms with Crippen molar-refractivity contribution in [1.82, 2.24) is 10.3 Å². The molecule has 0 saturated heterocycles. The van der Waals surface area contributed by atoms with Crippen LogP contribution in [0.5, 0.6) is 0 Å². The van der Waals surface area contributed by atoms with E-state index >= 15 is 0 Å². The third-order valence-electron chi connectivity index (χ3n) is 2.50. The number of nitrogens with zero attached hydrogens (tertiary/aromatic N) is 1. The average molecular weight is 280 g/mol. The minimum atomic E-state index is -0.628. The van der Waals surface area contributed by atoms with Gasteiger partial charge in [-0.15, -0.1) is 11.3 Å². The van der Waals surface area contributed by atoms with E-state index in [4.69, 9.17) is 9.52 Å². The number of thiophene rings is 1. The summed E-state index contributed by atoms with van der Waals surface area (Å²) in [5.74, 6) is 0.337. The second kappa shape index (κ2) is 5.54. The van der Waals surface area contributed by atoms with Crippen molar-refractivity contribution >= 4 is 17.2 Å². The Kier molecular flexibility index (Phi) is 4.01. The first-order chi connectivity index (χ1) is 9.00. The number of oxazole rings is 1.